The van der Waals surface area contributed by atoms with Gasteiger partial charge in [0.2, 0.25) is 11.8 Å². The Morgan fingerprint density at radius 1 is 1.22 bits per heavy atom. The van der Waals surface area contributed by atoms with Crippen LogP contribution in [0.15, 0.2) is 12.1 Å². The molecule has 0 saturated heterocycles. The molecular weight excluding hydrogens is 335 g/mol. The Bertz CT molecular complexity index is 583. The maximum Gasteiger partial charge on any atom is 0.243 e. The van der Waals surface area contributed by atoms with Gasteiger partial charge in [-0.05, 0) is 25.5 Å². The zero-order chi connectivity index (χ0) is 16.9. The van der Waals surface area contributed by atoms with Gasteiger partial charge in [-0.1, -0.05) is 13.3 Å². The van der Waals surface area contributed by atoms with Gasteiger partial charge in [-0.3, -0.25) is 9.59 Å². The first-order chi connectivity index (χ1) is 10.2. The summed E-state index contributed by atoms with van der Waals surface area (Å²) in [5.74, 6) is -5.86. The Labute approximate surface area is 138 Å². The van der Waals surface area contributed by atoms with Crippen LogP contribution in [0.25, 0.3) is 0 Å². The number of amides is 2. The van der Waals surface area contributed by atoms with Gasteiger partial charge in [-0.2, -0.15) is 0 Å². The quantitative estimate of drug-likeness (QED) is 0.685. The molecule has 1 aromatic rings. The molecule has 9 heteroatoms. The first-order valence-corrected chi connectivity index (χ1v) is 6.69. The molecule has 0 aliphatic heterocycles. The van der Waals surface area contributed by atoms with E-state index in [2.05, 4.69) is 5.32 Å². The average Bonchev–Trinajstić information content (AvgIpc) is 2.45. The minimum atomic E-state index is -1.68. The van der Waals surface area contributed by atoms with E-state index >= 15 is 0 Å². The van der Waals surface area contributed by atoms with Crippen molar-refractivity contribution in [3.8, 4) is 0 Å². The first-order valence-electron chi connectivity index (χ1n) is 6.69. The van der Waals surface area contributed by atoms with Gasteiger partial charge in [0.25, 0.3) is 0 Å². The van der Waals surface area contributed by atoms with Crippen LogP contribution in [0, 0.1) is 17.5 Å². The van der Waals surface area contributed by atoms with E-state index in [1.807, 2.05) is 12.2 Å². The maximum absolute atomic E-state index is 13.4. The van der Waals surface area contributed by atoms with Crippen LogP contribution in [0.1, 0.15) is 26.7 Å². The van der Waals surface area contributed by atoms with Gasteiger partial charge >= 0.3 is 0 Å². The zero-order valence-electron chi connectivity index (χ0n) is 12.7. The van der Waals surface area contributed by atoms with Crippen molar-refractivity contribution < 1.29 is 22.8 Å². The number of nitrogens with one attached hydrogen (secondary N) is 2. The average molecular weight is 354 g/mol. The highest BCUT2D eigenvalue weighted by Gasteiger charge is 2.27. The number of benzene rings is 1. The van der Waals surface area contributed by atoms with E-state index in [0.29, 0.717) is 18.9 Å². The second-order valence-corrected chi connectivity index (χ2v) is 5.12. The van der Waals surface area contributed by atoms with E-state index in [1.54, 1.807) is 0 Å². The standard InChI is InChI=1S/C14H18F3N3O2.ClH/c1-3-6-14(2,18)13(22)19-7-10(21)20-9-5-4-8(15)11(16)12(9)17;/h4-5H,3,6-7,18H2,1-2H3,(H,19,22)(H,20,21);1H. The lowest BCUT2D eigenvalue weighted by atomic mass is 9.96. The molecule has 0 saturated carbocycles. The number of hydrogen-bond donors (Lipinski definition) is 3. The topological polar surface area (TPSA) is 84.2 Å². The minimum absolute atomic E-state index is 0. The number of carbonyl (C=O) groups excluding carboxylic acids is 2. The van der Waals surface area contributed by atoms with Gasteiger partial charge < -0.3 is 16.4 Å². The Morgan fingerprint density at radius 2 is 1.83 bits per heavy atom. The van der Waals surface area contributed by atoms with Gasteiger partial charge in [0.05, 0.1) is 17.8 Å². The predicted molar refractivity (Wildman–Crippen MR) is 82.7 cm³/mol. The monoisotopic (exact) mass is 353 g/mol. The zero-order valence-corrected chi connectivity index (χ0v) is 13.5. The van der Waals surface area contributed by atoms with E-state index in [0.717, 1.165) is 6.07 Å². The van der Waals surface area contributed by atoms with Crippen LogP contribution >= 0.6 is 12.4 Å². The molecule has 1 aromatic carbocycles. The predicted octanol–water partition coefficient (Wildman–Crippen LogP) is 2.10. The lowest BCUT2D eigenvalue weighted by molar-refractivity contribution is -0.128. The first kappa shape index (κ1) is 21.2. The van der Waals surface area contributed by atoms with Gasteiger partial charge in [-0.15, -0.1) is 12.4 Å². The number of hydrogen-bond acceptors (Lipinski definition) is 3. The van der Waals surface area contributed by atoms with Gasteiger partial charge in [-0.25, -0.2) is 13.2 Å². The fourth-order valence-electron chi connectivity index (χ4n) is 1.81. The van der Waals surface area contributed by atoms with Crippen molar-refractivity contribution >= 4 is 29.9 Å². The molecule has 1 atom stereocenters. The van der Waals surface area contributed by atoms with Crippen LogP contribution in [0.4, 0.5) is 18.9 Å². The third-order valence-corrected chi connectivity index (χ3v) is 3.01. The van der Waals surface area contributed by atoms with Crippen LogP contribution in [0.3, 0.4) is 0 Å². The van der Waals surface area contributed by atoms with E-state index in [9.17, 15) is 22.8 Å². The maximum atomic E-state index is 13.4. The Kier molecular flexibility index (Phi) is 8.05. The number of anilines is 1. The van der Waals surface area contributed by atoms with Crippen LogP contribution in [0.5, 0.6) is 0 Å². The summed E-state index contributed by atoms with van der Waals surface area (Å²) in [5.41, 5.74) is 4.14. The summed E-state index contributed by atoms with van der Waals surface area (Å²) in [4.78, 5) is 23.4. The molecule has 0 heterocycles. The molecule has 0 aliphatic rings. The van der Waals surface area contributed by atoms with Crippen molar-refractivity contribution in [1.82, 2.24) is 5.32 Å². The molecule has 1 rings (SSSR count). The number of carbonyl (C=O) groups is 2. The SMILES string of the molecule is CCCC(C)(N)C(=O)NCC(=O)Nc1ccc(F)c(F)c1F.Cl. The highest BCUT2D eigenvalue weighted by atomic mass is 35.5. The molecule has 0 bridgehead atoms. The van der Waals surface area contributed by atoms with Gasteiger partial charge in [0.15, 0.2) is 17.5 Å². The van der Waals surface area contributed by atoms with Crippen LogP contribution in [-0.4, -0.2) is 23.9 Å². The number of halogens is 4. The summed E-state index contributed by atoms with van der Waals surface area (Å²) < 4.78 is 39.1. The molecule has 130 valence electrons. The second-order valence-electron chi connectivity index (χ2n) is 5.12. The van der Waals surface area contributed by atoms with E-state index in [4.69, 9.17) is 5.73 Å². The molecule has 5 nitrogen and oxygen atoms in total. The van der Waals surface area contributed by atoms with Crippen LogP contribution in [0.2, 0.25) is 0 Å². The molecular formula is C14H19ClF3N3O2. The molecule has 4 N–H and O–H groups in total. The van der Waals surface area contributed by atoms with Gasteiger partial charge in [0.1, 0.15) is 0 Å². The minimum Gasteiger partial charge on any atom is -0.345 e. The van der Waals surface area contributed by atoms with Crippen molar-refractivity contribution in [2.75, 3.05) is 11.9 Å². The van der Waals surface area contributed by atoms with E-state index in [-0.39, 0.29) is 12.4 Å². The molecule has 0 spiro atoms. The lowest BCUT2D eigenvalue weighted by Gasteiger charge is -2.22. The van der Waals surface area contributed by atoms with Crippen molar-refractivity contribution in [3.63, 3.8) is 0 Å². The van der Waals surface area contributed by atoms with Crippen molar-refractivity contribution in [2.24, 2.45) is 5.73 Å². The summed E-state index contributed by atoms with van der Waals surface area (Å²) in [7, 11) is 0. The van der Waals surface area contributed by atoms with Gasteiger partial charge in [0, 0.05) is 0 Å². The molecule has 1 unspecified atom stereocenters. The summed E-state index contributed by atoms with van der Waals surface area (Å²) in [6.45, 7) is 2.92. The van der Waals surface area contributed by atoms with Crippen molar-refractivity contribution in [1.29, 1.82) is 0 Å². The number of nitrogens with two attached hydrogens (primary N) is 1. The Balaban J connectivity index is 0.00000484. The lowest BCUT2D eigenvalue weighted by Crippen LogP contribution is -2.52. The Morgan fingerprint density at radius 3 is 2.39 bits per heavy atom. The smallest absolute Gasteiger partial charge is 0.243 e. The third kappa shape index (κ3) is 5.72. The molecule has 0 aromatic heterocycles. The fraction of sp³-hybridized carbons (Fsp3) is 0.429. The van der Waals surface area contributed by atoms with Crippen molar-refractivity contribution in [2.45, 2.75) is 32.2 Å². The summed E-state index contributed by atoms with van der Waals surface area (Å²) >= 11 is 0. The molecule has 2 amide bonds. The fourth-order valence-corrected chi connectivity index (χ4v) is 1.81. The number of rotatable bonds is 6. The molecule has 0 aliphatic carbocycles. The normalized spacial score (nSPS) is 12.8. The van der Waals surface area contributed by atoms with Crippen LogP contribution < -0.4 is 16.4 Å². The van der Waals surface area contributed by atoms with Crippen molar-refractivity contribution in [3.05, 3.63) is 29.6 Å². The highest BCUT2D eigenvalue weighted by Crippen LogP contribution is 2.19. The van der Waals surface area contributed by atoms with E-state index < -0.39 is 47.0 Å². The molecule has 0 fully saturated rings. The molecule has 0 radical (unpaired) electrons. The largest absolute Gasteiger partial charge is 0.345 e. The van der Waals surface area contributed by atoms with Crippen LogP contribution in [-0.2, 0) is 9.59 Å². The Hall–Kier alpha value is -1.80. The summed E-state index contributed by atoms with van der Waals surface area (Å²) in [6.07, 6.45) is 1.12. The second kappa shape index (κ2) is 8.73. The third-order valence-electron chi connectivity index (χ3n) is 3.01. The summed E-state index contributed by atoms with van der Waals surface area (Å²) in [6, 6.07) is 1.57. The van der Waals surface area contributed by atoms with E-state index in [1.165, 1.54) is 6.92 Å². The molecule has 23 heavy (non-hydrogen) atoms. The summed E-state index contributed by atoms with van der Waals surface area (Å²) in [5, 5.41) is 4.35. The highest BCUT2D eigenvalue weighted by molar-refractivity contribution is 5.96.